The average Bonchev–Trinajstić information content (AvgIpc) is 2.62. The van der Waals surface area contributed by atoms with E-state index in [-0.39, 0.29) is 21.8 Å². The minimum Gasteiger partial charge on any atom is -0.422 e. The third kappa shape index (κ3) is 2.76. The van der Waals surface area contributed by atoms with E-state index in [9.17, 15) is 14.4 Å². The summed E-state index contributed by atoms with van der Waals surface area (Å²) in [6, 6.07) is 11.3. The number of benzene rings is 2. The third-order valence-corrected chi connectivity index (χ3v) is 4.80. The summed E-state index contributed by atoms with van der Waals surface area (Å²) in [5.41, 5.74) is 0.612. The lowest BCUT2D eigenvalue weighted by atomic mass is 9.99. The SMILES string of the molecule is Cc1ccccc1C(=O)c1cc2c(oc1=O)c(Cl)cc1c(C)cc(=O)oc12. The fourth-order valence-corrected chi connectivity index (χ4v) is 3.39. The Morgan fingerprint density at radius 3 is 2.33 bits per heavy atom. The van der Waals surface area contributed by atoms with Crippen LogP contribution in [-0.2, 0) is 0 Å². The van der Waals surface area contributed by atoms with E-state index in [2.05, 4.69) is 0 Å². The van der Waals surface area contributed by atoms with Gasteiger partial charge in [0, 0.05) is 17.0 Å². The molecule has 0 fully saturated rings. The number of ketones is 1. The van der Waals surface area contributed by atoms with Crippen molar-refractivity contribution in [3.8, 4) is 0 Å². The number of halogens is 1. The van der Waals surface area contributed by atoms with Gasteiger partial charge >= 0.3 is 11.3 Å². The zero-order chi connectivity index (χ0) is 19.3. The Kier molecular flexibility index (Phi) is 3.97. The van der Waals surface area contributed by atoms with E-state index < -0.39 is 17.0 Å². The van der Waals surface area contributed by atoms with Crippen molar-refractivity contribution < 1.29 is 13.6 Å². The van der Waals surface area contributed by atoms with E-state index in [1.54, 1.807) is 44.2 Å². The molecule has 0 atom stereocenters. The highest BCUT2D eigenvalue weighted by molar-refractivity contribution is 6.36. The van der Waals surface area contributed by atoms with E-state index >= 15 is 0 Å². The van der Waals surface area contributed by atoms with Crippen molar-refractivity contribution in [2.45, 2.75) is 13.8 Å². The van der Waals surface area contributed by atoms with Crippen LogP contribution in [0, 0.1) is 13.8 Å². The summed E-state index contributed by atoms with van der Waals surface area (Å²) < 4.78 is 10.7. The number of fused-ring (bicyclic) bond motifs is 3. The predicted molar refractivity (Wildman–Crippen MR) is 103 cm³/mol. The summed E-state index contributed by atoms with van der Waals surface area (Å²) in [4.78, 5) is 37.2. The molecule has 4 rings (SSSR count). The van der Waals surface area contributed by atoms with Crippen LogP contribution in [0.5, 0.6) is 0 Å². The van der Waals surface area contributed by atoms with Crippen LogP contribution in [0.3, 0.4) is 0 Å². The molecule has 134 valence electrons. The second kappa shape index (κ2) is 6.21. The number of carbonyl (C=O) groups excluding carboxylic acids is 1. The lowest BCUT2D eigenvalue weighted by Crippen LogP contribution is -2.16. The molecule has 0 saturated carbocycles. The molecule has 0 aliphatic carbocycles. The highest BCUT2D eigenvalue weighted by atomic mass is 35.5. The molecule has 0 unspecified atom stereocenters. The number of hydrogen-bond acceptors (Lipinski definition) is 5. The second-order valence-electron chi connectivity index (χ2n) is 6.32. The van der Waals surface area contributed by atoms with Crippen LogP contribution in [0.4, 0.5) is 0 Å². The van der Waals surface area contributed by atoms with Gasteiger partial charge < -0.3 is 8.83 Å². The van der Waals surface area contributed by atoms with Crippen LogP contribution in [0.2, 0.25) is 5.02 Å². The average molecular weight is 381 g/mol. The molecule has 2 heterocycles. The standard InChI is InChI=1S/C21H13ClO5/c1-10-5-3-4-6-12(10)18(24)14-8-15-19-13(11(2)7-17(23)26-19)9-16(22)20(15)27-21(14)25/h3-9H,1-2H3. The number of aryl methyl sites for hydroxylation is 2. The highest BCUT2D eigenvalue weighted by Crippen LogP contribution is 2.32. The first-order valence-electron chi connectivity index (χ1n) is 8.18. The van der Waals surface area contributed by atoms with Crippen molar-refractivity contribution in [2.75, 3.05) is 0 Å². The van der Waals surface area contributed by atoms with Gasteiger partial charge in [-0.1, -0.05) is 35.9 Å². The van der Waals surface area contributed by atoms with Gasteiger partial charge in [-0.3, -0.25) is 4.79 Å². The second-order valence-corrected chi connectivity index (χ2v) is 6.73. The topological polar surface area (TPSA) is 77.5 Å². The third-order valence-electron chi connectivity index (χ3n) is 4.52. The van der Waals surface area contributed by atoms with Crippen molar-refractivity contribution in [3.05, 3.63) is 90.6 Å². The monoisotopic (exact) mass is 380 g/mol. The smallest absolute Gasteiger partial charge is 0.347 e. The van der Waals surface area contributed by atoms with Crippen LogP contribution in [-0.4, -0.2) is 5.78 Å². The Morgan fingerprint density at radius 2 is 1.59 bits per heavy atom. The molecule has 5 nitrogen and oxygen atoms in total. The quantitative estimate of drug-likeness (QED) is 0.292. The molecule has 6 heteroatoms. The molecule has 0 aliphatic heterocycles. The van der Waals surface area contributed by atoms with Gasteiger partial charge in [-0.15, -0.1) is 0 Å². The first-order valence-corrected chi connectivity index (χ1v) is 8.56. The Labute approximate surface area is 157 Å². The minimum atomic E-state index is -0.799. The largest absolute Gasteiger partial charge is 0.422 e. The molecule has 2 aromatic carbocycles. The summed E-state index contributed by atoms with van der Waals surface area (Å²) in [6.45, 7) is 3.53. The molecule has 4 aromatic rings. The van der Waals surface area contributed by atoms with Gasteiger partial charge in [0.15, 0.2) is 5.58 Å². The van der Waals surface area contributed by atoms with E-state index in [4.69, 9.17) is 20.4 Å². The molecular weight excluding hydrogens is 368 g/mol. The molecule has 0 N–H and O–H groups in total. The molecule has 0 amide bonds. The molecule has 27 heavy (non-hydrogen) atoms. The Bertz CT molecular complexity index is 1360. The summed E-state index contributed by atoms with van der Waals surface area (Å²) in [7, 11) is 0. The number of rotatable bonds is 2. The zero-order valence-electron chi connectivity index (χ0n) is 14.5. The van der Waals surface area contributed by atoms with Gasteiger partial charge in [0.2, 0.25) is 5.78 Å². The first-order chi connectivity index (χ1) is 12.9. The zero-order valence-corrected chi connectivity index (χ0v) is 15.2. The van der Waals surface area contributed by atoms with Gasteiger partial charge in [0.1, 0.15) is 11.1 Å². The first kappa shape index (κ1) is 17.2. The fraction of sp³-hybridized carbons (Fsp3) is 0.0952. The highest BCUT2D eigenvalue weighted by Gasteiger charge is 2.20. The van der Waals surface area contributed by atoms with Crippen molar-refractivity contribution in [2.24, 2.45) is 0 Å². The Balaban J connectivity index is 2.10. The van der Waals surface area contributed by atoms with Crippen LogP contribution in [0.15, 0.2) is 60.9 Å². The molecule has 0 bridgehead atoms. The predicted octanol–water partition coefficient (Wildman–Crippen LogP) is 4.40. The maximum atomic E-state index is 12.9. The lowest BCUT2D eigenvalue weighted by molar-refractivity contribution is 0.103. The maximum absolute atomic E-state index is 12.9. The van der Waals surface area contributed by atoms with E-state index in [1.165, 1.54) is 12.1 Å². The van der Waals surface area contributed by atoms with Gasteiger partial charge in [0.25, 0.3) is 0 Å². The van der Waals surface area contributed by atoms with E-state index in [0.717, 1.165) is 5.56 Å². The maximum Gasteiger partial charge on any atom is 0.347 e. The Hall–Kier alpha value is -3.18. The van der Waals surface area contributed by atoms with Crippen molar-refractivity contribution >= 4 is 39.3 Å². The van der Waals surface area contributed by atoms with Gasteiger partial charge in [-0.2, -0.15) is 0 Å². The molecule has 0 aliphatic rings. The van der Waals surface area contributed by atoms with Crippen molar-refractivity contribution in [1.29, 1.82) is 0 Å². The summed E-state index contributed by atoms with van der Waals surface area (Å²) in [5, 5.41) is 1.10. The number of hydrogen-bond donors (Lipinski definition) is 0. The normalized spacial score (nSPS) is 11.2. The van der Waals surface area contributed by atoms with Gasteiger partial charge in [0.05, 0.1) is 10.4 Å². The van der Waals surface area contributed by atoms with Gasteiger partial charge in [-0.05, 0) is 37.1 Å². The molecule has 0 radical (unpaired) electrons. The van der Waals surface area contributed by atoms with Crippen molar-refractivity contribution in [3.63, 3.8) is 0 Å². The van der Waals surface area contributed by atoms with Crippen molar-refractivity contribution in [1.82, 2.24) is 0 Å². The molecule has 2 aromatic heterocycles. The molecular formula is C21H13ClO5. The fourth-order valence-electron chi connectivity index (χ4n) is 3.14. The number of carbonyl (C=O) groups is 1. The minimum absolute atomic E-state index is 0.0734. The molecule has 0 saturated heterocycles. The summed E-state index contributed by atoms with van der Waals surface area (Å²) in [5.74, 6) is -0.466. The summed E-state index contributed by atoms with van der Waals surface area (Å²) in [6.07, 6.45) is 0. The van der Waals surface area contributed by atoms with Gasteiger partial charge in [-0.25, -0.2) is 9.59 Å². The van der Waals surface area contributed by atoms with E-state index in [1.807, 2.05) is 0 Å². The van der Waals surface area contributed by atoms with Crippen LogP contribution < -0.4 is 11.3 Å². The van der Waals surface area contributed by atoms with Crippen LogP contribution >= 0.6 is 11.6 Å². The molecule has 0 spiro atoms. The summed E-state index contributed by atoms with van der Waals surface area (Å²) >= 11 is 6.26. The van der Waals surface area contributed by atoms with Crippen LogP contribution in [0.25, 0.3) is 21.9 Å². The lowest BCUT2D eigenvalue weighted by Gasteiger charge is -2.08. The van der Waals surface area contributed by atoms with E-state index in [0.29, 0.717) is 21.9 Å². The van der Waals surface area contributed by atoms with Crippen LogP contribution in [0.1, 0.15) is 27.0 Å². The Morgan fingerprint density at radius 1 is 0.852 bits per heavy atom.